The standard InChI is InChI=1S/C22H29N3O3S/c1-17(2)20-6-4-5-7-21(20)23-22(26)19-10-8-18(9-11-19)16-24-12-14-25(15-13-24)29(3,27)28/h4-11,17H,12-16H2,1-3H3,(H,23,26). The molecule has 1 heterocycles. The Morgan fingerprint density at radius 2 is 1.62 bits per heavy atom. The first-order valence-corrected chi connectivity index (χ1v) is 11.8. The monoisotopic (exact) mass is 415 g/mol. The van der Waals surface area contributed by atoms with E-state index < -0.39 is 10.0 Å². The van der Waals surface area contributed by atoms with Gasteiger partial charge in [-0.3, -0.25) is 9.69 Å². The summed E-state index contributed by atoms with van der Waals surface area (Å²) in [5.74, 6) is 0.212. The molecule has 0 radical (unpaired) electrons. The number of carbonyl (C=O) groups is 1. The highest BCUT2D eigenvalue weighted by molar-refractivity contribution is 7.88. The van der Waals surface area contributed by atoms with E-state index in [4.69, 9.17) is 0 Å². The van der Waals surface area contributed by atoms with Gasteiger partial charge in [-0.05, 0) is 35.2 Å². The molecule has 29 heavy (non-hydrogen) atoms. The number of benzene rings is 2. The molecule has 0 bridgehead atoms. The normalized spacial score (nSPS) is 16.1. The second-order valence-corrected chi connectivity index (χ2v) is 9.81. The summed E-state index contributed by atoms with van der Waals surface area (Å²) in [4.78, 5) is 14.9. The number of nitrogens with zero attached hydrogens (tertiary/aromatic N) is 2. The van der Waals surface area contributed by atoms with Gasteiger partial charge in [0.05, 0.1) is 6.26 Å². The summed E-state index contributed by atoms with van der Waals surface area (Å²) in [5.41, 5.74) is 3.69. The van der Waals surface area contributed by atoms with E-state index in [1.807, 2.05) is 48.5 Å². The summed E-state index contributed by atoms with van der Waals surface area (Å²) in [6.45, 7) is 7.42. The Kier molecular flexibility index (Phi) is 6.72. The van der Waals surface area contributed by atoms with Crippen molar-refractivity contribution in [1.29, 1.82) is 0 Å². The van der Waals surface area contributed by atoms with E-state index in [9.17, 15) is 13.2 Å². The molecule has 0 atom stereocenters. The smallest absolute Gasteiger partial charge is 0.255 e. The lowest BCUT2D eigenvalue weighted by Crippen LogP contribution is -2.47. The van der Waals surface area contributed by atoms with E-state index >= 15 is 0 Å². The van der Waals surface area contributed by atoms with Crippen molar-refractivity contribution in [3.05, 3.63) is 65.2 Å². The predicted molar refractivity (Wildman–Crippen MR) is 117 cm³/mol. The Hall–Kier alpha value is -2.22. The molecule has 0 aromatic heterocycles. The second-order valence-electron chi connectivity index (χ2n) is 7.83. The first-order valence-electron chi connectivity index (χ1n) is 9.91. The number of anilines is 1. The number of rotatable bonds is 6. The fourth-order valence-corrected chi connectivity index (χ4v) is 4.37. The zero-order valence-corrected chi connectivity index (χ0v) is 18.1. The van der Waals surface area contributed by atoms with Crippen LogP contribution >= 0.6 is 0 Å². The lowest BCUT2D eigenvalue weighted by Gasteiger charge is -2.33. The van der Waals surface area contributed by atoms with E-state index in [1.54, 1.807) is 0 Å². The number of piperazine rings is 1. The molecule has 0 unspecified atom stereocenters. The number of carbonyl (C=O) groups excluding carboxylic acids is 1. The van der Waals surface area contributed by atoms with E-state index in [0.29, 0.717) is 37.7 Å². The molecule has 1 aliphatic heterocycles. The van der Waals surface area contributed by atoms with Gasteiger partial charge in [0.1, 0.15) is 0 Å². The molecule has 0 spiro atoms. The molecule has 6 nitrogen and oxygen atoms in total. The molecule has 2 aromatic carbocycles. The molecule has 1 amide bonds. The van der Waals surface area contributed by atoms with Crippen molar-refractivity contribution in [3.63, 3.8) is 0 Å². The molecule has 3 rings (SSSR count). The fourth-order valence-electron chi connectivity index (χ4n) is 3.55. The van der Waals surface area contributed by atoms with Gasteiger partial charge in [-0.15, -0.1) is 0 Å². The number of nitrogens with one attached hydrogen (secondary N) is 1. The second kappa shape index (κ2) is 9.07. The van der Waals surface area contributed by atoms with Crippen molar-refractivity contribution in [2.24, 2.45) is 0 Å². The van der Waals surface area contributed by atoms with Gasteiger partial charge in [-0.1, -0.05) is 44.2 Å². The summed E-state index contributed by atoms with van der Waals surface area (Å²) < 4.78 is 24.7. The Bertz CT molecular complexity index is 948. The van der Waals surface area contributed by atoms with Gasteiger partial charge in [0.25, 0.3) is 5.91 Å². The van der Waals surface area contributed by atoms with Gasteiger partial charge >= 0.3 is 0 Å². The largest absolute Gasteiger partial charge is 0.322 e. The minimum Gasteiger partial charge on any atom is -0.322 e. The van der Waals surface area contributed by atoms with Crippen LogP contribution in [0.4, 0.5) is 5.69 Å². The molecular weight excluding hydrogens is 386 g/mol. The van der Waals surface area contributed by atoms with E-state index in [1.165, 1.54) is 10.6 Å². The van der Waals surface area contributed by atoms with Crippen LogP contribution in [0.1, 0.15) is 41.3 Å². The minimum absolute atomic E-state index is 0.119. The highest BCUT2D eigenvalue weighted by Gasteiger charge is 2.23. The number of sulfonamides is 1. The van der Waals surface area contributed by atoms with Crippen LogP contribution in [-0.4, -0.2) is 56.0 Å². The molecule has 1 N–H and O–H groups in total. The molecule has 1 fully saturated rings. The first kappa shape index (κ1) is 21.5. The maximum Gasteiger partial charge on any atom is 0.255 e. The van der Waals surface area contributed by atoms with Crippen molar-refractivity contribution in [1.82, 2.24) is 9.21 Å². The third kappa shape index (κ3) is 5.65. The zero-order chi connectivity index (χ0) is 21.0. The van der Waals surface area contributed by atoms with Gasteiger partial charge in [-0.25, -0.2) is 8.42 Å². The zero-order valence-electron chi connectivity index (χ0n) is 17.3. The quantitative estimate of drug-likeness (QED) is 0.787. The number of hydrogen-bond acceptors (Lipinski definition) is 4. The van der Waals surface area contributed by atoms with Crippen LogP contribution in [-0.2, 0) is 16.6 Å². The predicted octanol–water partition coefficient (Wildman–Crippen LogP) is 3.14. The van der Waals surface area contributed by atoms with Gasteiger partial charge < -0.3 is 5.32 Å². The van der Waals surface area contributed by atoms with E-state index in [2.05, 4.69) is 24.1 Å². The van der Waals surface area contributed by atoms with Gasteiger partial charge in [-0.2, -0.15) is 4.31 Å². The third-order valence-corrected chi connectivity index (χ3v) is 6.56. The van der Waals surface area contributed by atoms with Crippen molar-refractivity contribution in [2.45, 2.75) is 26.3 Å². The van der Waals surface area contributed by atoms with Crippen molar-refractivity contribution in [2.75, 3.05) is 37.8 Å². The number of hydrogen-bond donors (Lipinski definition) is 1. The fraction of sp³-hybridized carbons (Fsp3) is 0.409. The van der Waals surface area contributed by atoms with Gasteiger partial charge in [0, 0.05) is 44.0 Å². The molecule has 7 heteroatoms. The lowest BCUT2D eigenvalue weighted by atomic mass is 10.0. The van der Waals surface area contributed by atoms with E-state index in [-0.39, 0.29) is 5.91 Å². The maximum absolute atomic E-state index is 12.6. The SMILES string of the molecule is CC(C)c1ccccc1NC(=O)c1ccc(CN2CCN(S(C)(=O)=O)CC2)cc1. The average Bonchev–Trinajstić information content (AvgIpc) is 2.68. The Balaban J connectivity index is 1.59. The van der Waals surface area contributed by atoms with Crippen molar-refractivity contribution < 1.29 is 13.2 Å². The molecular formula is C22H29N3O3S. The Labute approximate surface area is 173 Å². The van der Waals surface area contributed by atoms with Gasteiger partial charge in [0.2, 0.25) is 10.0 Å². The molecule has 0 saturated carbocycles. The summed E-state index contributed by atoms with van der Waals surface area (Å²) in [7, 11) is -3.11. The Morgan fingerprint density at radius 3 is 2.21 bits per heavy atom. The third-order valence-electron chi connectivity index (χ3n) is 5.25. The van der Waals surface area contributed by atoms with Crippen LogP contribution in [0, 0.1) is 0 Å². The molecule has 2 aromatic rings. The summed E-state index contributed by atoms with van der Waals surface area (Å²) in [5, 5.41) is 3.02. The highest BCUT2D eigenvalue weighted by atomic mass is 32.2. The van der Waals surface area contributed by atoms with E-state index in [0.717, 1.165) is 23.4 Å². The van der Waals surface area contributed by atoms with Crippen LogP contribution in [0.3, 0.4) is 0 Å². The van der Waals surface area contributed by atoms with Crippen molar-refractivity contribution >= 4 is 21.6 Å². The van der Waals surface area contributed by atoms with Crippen LogP contribution in [0.2, 0.25) is 0 Å². The molecule has 1 aliphatic rings. The lowest BCUT2D eigenvalue weighted by molar-refractivity contribution is 0.102. The van der Waals surface area contributed by atoms with Crippen molar-refractivity contribution in [3.8, 4) is 0 Å². The van der Waals surface area contributed by atoms with Crippen LogP contribution in [0.5, 0.6) is 0 Å². The Morgan fingerprint density at radius 1 is 1.00 bits per heavy atom. The molecule has 0 aliphatic carbocycles. The summed E-state index contributed by atoms with van der Waals surface area (Å²) in [6, 6.07) is 15.5. The van der Waals surface area contributed by atoms with Crippen LogP contribution in [0.15, 0.2) is 48.5 Å². The average molecular weight is 416 g/mol. The summed E-state index contributed by atoms with van der Waals surface area (Å²) in [6.07, 6.45) is 1.26. The first-order chi connectivity index (χ1) is 13.7. The maximum atomic E-state index is 12.6. The number of para-hydroxylation sites is 1. The molecule has 156 valence electrons. The highest BCUT2D eigenvalue weighted by Crippen LogP contribution is 2.24. The van der Waals surface area contributed by atoms with Crippen LogP contribution < -0.4 is 5.32 Å². The number of amides is 1. The summed E-state index contributed by atoms with van der Waals surface area (Å²) >= 11 is 0. The minimum atomic E-state index is -3.11. The van der Waals surface area contributed by atoms with Gasteiger partial charge in [0.15, 0.2) is 0 Å². The van der Waals surface area contributed by atoms with Crippen LogP contribution in [0.25, 0.3) is 0 Å². The molecule has 1 saturated heterocycles. The topological polar surface area (TPSA) is 69.7 Å².